The topological polar surface area (TPSA) is 32.9 Å². The zero-order valence-corrected chi connectivity index (χ0v) is 57.3. The molecule has 104 heavy (non-hydrogen) atoms. The molecule has 0 N–H and O–H groups in total. The van der Waals surface area contributed by atoms with Crippen molar-refractivity contribution in [2.24, 2.45) is 0 Å². The highest BCUT2D eigenvalue weighted by Crippen LogP contribution is 2.52. The van der Waals surface area contributed by atoms with Gasteiger partial charge >= 0.3 is 0 Å². The molecule has 5 heteroatoms. The molecule has 5 heterocycles. The van der Waals surface area contributed by atoms with Crippen LogP contribution in [0.15, 0.2) is 368 Å². The van der Waals surface area contributed by atoms with Crippen LogP contribution in [0, 0.1) is 0 Å². The number of hydrogen-bond acceptors (Lipinski definition) is 1. The Labute approximate surface area is 600 Å². The molecule has 16 aromatic carbocycles. The van der Waals surface area contributed by atoms with Crippen molar-refractivity contribution in [3.63, 3.8) is 0 Å². The number of aromatic nitrogens is 4. The summed E-state index contributed by atoms with van der Waals surface area (Å²) in [6, 6.07) is 132. The molecule has 0 radical (unpaired) electrons. The summed E-state index contributed by atoms with van der Waals surface area (Å²) in [4.78, 5) is 0. The highest BCUT2D eigenvalue weighted by Gasteiger charge is 2.36. The van der Waals surface area contributed by atoms with Crippen molar-refractivity contribution >= 4 is 109 Å². The van der Waals surface area contributed by atoms with E-state index in [0.29, 0.717) is 0 Å². The predicted octanol–water partition coefficient (Wildman–Crippen LogP) is 26.6. The Morgan fingerprint density at radius 1 is 0.212 bits per heavy atom. The summed E-state index contributed by atoms with van der Waals surface area (Å²) >= 11 is 0. The van der Waals surface area contributed by atoms with Crippen LogP contribution < -0.4 is 0 Å². The molecule has 0 bridgehead atoms. The maximum absolute atomic E-state index is 6.60. The minimum atomic E-state index is -0.0806. The van der Waals surface area contributed by atoms with E-state index in [-0.39, 0.29) is 5.41 Å². The number of benzene rings is 16. The lowest BCUT2D eigenvalue weighted by molar-refractivity contribution is 0.661. The largest absolute Gasteiger partial charge is 0.455 e. The zero-order chi connectivity index (χ0) is 68.7. The van der Waals surface area contributed by atoms with Gasteiger partial charge in [-0.15, -0.1) is 0 Å². The van der Waals surface area contributed by atoms with E-state index in [0.717, 1.165) is 49.7 Å². The molecule has 0 atom stereocenters. The molecule has 0 saturated carbocycles. The lowest BCUT2D eigenvalue weighted by Crippen LogP contribution is -2.14. The maximum atomic E-state index is 6.60. The first-order valence-corrected chi connectivity index (χ1v) is 36.0. The van der Waals surface area contributed by atoms with Crippen molar-refractivity contribution in [2.75, 3.05) is 0 Å². The summed E-state index contributed by atoms with van der Waals surface area (Å²) in [5, 5.41) is 12.2. The summed E-state index contributed by atoms with van der Waals surface area (Å²) in [5.41, 5.74) is 31.1. The van der Waals surface area contributed by atoms with Crippen molar-refractivity contribution in [3.05, 3.63) is 375 Å². The predicted molar refractivity (Wildman–Crippen MR) is 437 cm³/mol. The third kappa shape index (κ3) is 9.20. The lowest BCUT2D eigenvalue weighted by atomic mass is 9.82. The molecule has 0 amide bonds. The van der Waals surface area contributed by atoms with Gasteiger partial charge in [-0.3, -0.25) is 0 Å². The van der Waals surface area contributed by atoms with Gasteiger partial charge < -0.3 is 22.7 Å². The van der Waals surface area contributed by atoms with Crippen LogP contribution in [0.1, 0.15) is 25.0 Å². The Morgan fingerprint density at radius 3 is 1.13 bits per heavy atom. The molecule has 0 unspecified atom stereocenters. The van der Waals surface area contributed by atoms with Crippen LogP contribution in [0.4, 0.5) is 0 Å². The fraction of sp³-hybridized carbons (Fsp3) is 0.0303. The molecule has 0 spiro atoms. The van der Waals surface area contributed by atoms with Crippen LogP contribution >= 0.6 is 0 Å². The van der Waals surface area contributed by atoms with E-state index in [1.807, 2.05) is 6.07 Å². The Kier molecular flexibility index (Phi) is 13.3. The summed E-state index contributed by atoms with van der Waals surface area (Å²) in [7, 11) is 0. The normalized spacial score (nSPS) is 12.6. The first-order valence-electron chi connectivity index (χ1n) is 36.0. The van der Waals surface area contributed by atoms with Crippen molar-refractivity contribution in [3.8, 4) is 78.4 Å². The lowest BCUT2D eigenvalue weighted by Gasteiger charge is -2.21. The second-order valence-electron chi connectivity index (χ2n) is 28.3. The molecule has 5 aromatic heterocycles. The van der Waals surface area contributed by atoms with Crippen LogP contribution in [0.2, 0.25) is 0 Å². The van der Waals surface area contributed by atoms with Gasteiger partial charge in [0.1, 0.15) is 11.2 Å². The van der Waals surface area contributed by atoms with Crippen LogP contribution in [0.25, 0.3) is 188 Å². The van der Waals surface area contributed by atoms with Crippen LogP contribution in [0.5, 0.6) is 0 Å². The smallest absolute Gasteiger partial charge is 0.145 e. The molecule has 0 saturated heterocycles. The molecular weight excluding hydrogens is 1260 g/mol. The standard InChI is InChI=1S/C51H36N2.C48H30N2O/c1-51(2)45-19-11-9-17-39(45)41-31-44-43-30-35(33-13-5-3-6-14-33)23-28-49(43)53(50(44)32-46(41)51)38-25-21-34(22-26-38)36-24-27-48-42(29-36)40-18-10-12-20-47(40)52(48)37-15-7-4-8-16-37;1-3-11-31(12-4-1)34-21-25-40-45(30-34)50(44-28-26-39-38-16-8-10-18-46(38)51-48(39)47(40)44)36-23-19-32(20-24-36)33-22-27-43-41(29-33)37-15-7-9-17-42(37)49(43)35-13-5-2-6-14-35/h3-32H,1-2H3;1-30H. The van der Waals surface area contributed by atoms with Crippen molar-refractivity contribution in [2.45, 2.75) is 19.3 Å². The number of furan rings is 1. The van der Waals surface area contributed by atoms with Gasteiger partial charge in [-0.05, 0) is 200 Å². The monoisotopic (exact) mass is 1330 g/mol. The number of rotatable bonds is 8. The Hall–Kier alpha value is -13.5. The van der Waals surface area contributed by atoms with E-state index in [9.17, 15) is 0 Å². The highest BCUT2D eigenvalue weighted by molar-refractivity contribution is 6.24. The van der Waals surface area contributed by atoms with Crippen LogP contribution in [0.3, 0.4) is 0 Å². The Bertz CT molecular complexity index is 7010. The van der Waals surface area contributed by atoms with Gasteiger partial charge in [0.25, 0.3) is 0 Å². The number of nitrogens with zero attached hydrogens (tertiary/aromatic N) is 4. The van der Waals surface area contributed by atoms with Gasteiger partial charge in [-0.2, -0.15) is 0 Å². The van der Waals surface area contributed by atoms with E-state index in [1.165, 1.54) is 149 Å². The van der Waals surface area contributed by atoms with Crippen molar-refractivity contribution in [1.82, 2.24) is 18.3 Å². The van der Waals surface area contributed by atoms with E-state index < -0.39 is 0 Å². The zero-order valence-electron chi connectivity index (χ0n) is 57.3. The van der Waals surface area contributed by atoms with Gasteiger partial charge in [0, 0.05) is 76.6 Å². The Morgan fingerprint density at radius 2 is 0.577 bits per heavy atom. The minimum Gasteiger partial charge on any atom is -0.455 e. The molecule has 1 aliphatic rings. The molecule has 5 nitrogen and oxygen atoms in total. The van der Waals surface area contributed by atoms with Gasteiger partial charge in [0.2, 0.25) is 0 Å². The van der Waals surface area contributed by atoms with Gasteiger partial charge in [-0.1, -0.05) is 244 Å². The first kappa shape index (κ1) is 59.4. The summed E-state index contributed by atoms with van der Waals surface area (Å²) in [6.45, 7) is 4.74. The number of para-hydroxylation sites is 5. The van der Waals surface area contributed by atoms with Crippen LogP contribution in [-0.4, -0.2) is 18.3 Å². The van der Waals surface area contributed by atoms with Crippen molar-refractivity contribution < 1.29 is 4.42 Å². The maximum Gasteiger partial charge on any atom is 0.145 e. The summed E-state index contributed by atoms with van der Waals surface area (Å²) in [5.74, 6) is 0. The summed E-state index contributed by atoms with van der Waals surface area (Å²) in [6.07, 6.45) is 0. The molecule has 0 fully saturated rings. The minimum absolute atomic E-state index is 0.0806. The molecule has 22 rings (SSSR count). The van der Waals surface area contributed by atoms with E-state index >= 15 is 0 Å². The summed E-state index contributed by atoms with van der Waals surface area (Å²) < 4.78 is 16.2. The fourth-order valence-electron chi connectivity index (χ4n) is 17.3. The molecule has 21 aromatic rings. The number of hydrogen-bond donors (Lipinski definition) is 0. The fourth-order valence-corrected chi connectivity index (χ4v) is 17.3. The van der Waals surface area contributed by atoms with E-state index in [2.05, 4.69) is 390 Å². The quantitative estimate of drug-likeness (QED) is 0.149. The second-order valence-corrected chi connectivity index (χ2v) is 28.3. The Balaban J connectivity index is 0.000000134. The average Bonchev–Trinajstić information content (AvgIpc) is 1.58. The second kappa shape index (κ2) is 23.3. The molecule has 0 aliphatic heterocycles. The highest BCUT2D eigenvalue weighted by atomic mass is 16.3. The van der Waals surface area contributed by atoms with Crippen LogP contribution in [-0.2, 0) is 5.41 Å². The molecule has 488 valence electrons. The average molecular weight is 1330 g/mol. The van der Waals surface area contributed by atoms with E-state index in [4.69, 9.17) is 4.42 Å². The third-order valence-electron chi connectivity index (χ3n) is 22.2. The number of fused-ring (bicyclic) bond motifs is 19. The first-order chi connectivity index (χ1) is 51.3. The van der Waals surface area contributed by atoms with Gasteiger partial charge in [-0.25, -0.2) is 0 Å². The van der Waals surface area contributed by atoms with Crippen molar-refractivity contribution in [1.29, 1.82) is 0 Å². The van der Waals surface area contributed by atoms with Gasteiger partial charge in [0.15, 0.2) is 0 Å². The third-order valence-corrected chi connectivity index (χ3v) is 22.2. The van der Waals surface area contributed by atoms with E-state index in [1.54, 1.807) is 0 Å². The SMILES string of the molecule is CC1(C)c2ccccc2-c2cc3c4cc(-c5ccccc5)ccc4n(-c4ccc(-c5ccc6c(c5)c5ccccc5n6-c5ccccc5)cc4)c3cc21.c1ccc(-c2ccc3c4c5oc6ccccc6c5ccc4n(-c4ccc(-c5ccc6c(c5)c5ccccc5n6-c5ccccc5)cc4)c3c2)cc1. The van der Waals surface area contributed by atoms with Gasteiger partial charge in [0.05, 0.1) is 49.5 Å². The molecule has 1 aliphatic carbocycles. The molecular formula is C99H66N4O.